The topological polar surface area (TPSA) is 0 Å². The summed E-state index contributed by atoms with van der Waals surface area (Å²) in [6.07, 6.45) is 5.78. The van der Waals surface area contributed by atoms with Crippen molar-refractivity contribution in [3.8, 4) is 11.1 Å². The molecule has 0 heterocycles. The minimum absolute atomic E-state index is 0. The lowest BCUT2D eigenvalue weighted by Gasteiger charge is -2.15. The third kappa shape index (κ3) is 5.22. The average molecular weight is 409 g/mol. The van der Waals surface area contributed by atoms with Crippen molar-refractivity contribution >= 4 is 11.1 Å². The number of hydrogen-bond donors (Lipinski definition) is 0. The van der Waals surface area contributed by atoms with Crippen molar-refractivity contribution in [1.82, 2.24) is 0 Å². The van der Waals surface area contributed by atoms with Crippen LogP contribution in [0, 0.1) is 0 Å². The molecule has 0 aromatic heterocycles. The molecule has 1 aliphatic rings. The van der Waals surface area contributed by atoms with Crippen LogP contribution in [-0.2, 0) is 0 Å². The van der Waals surface area contributed by atoms with Crippen LogP contribution in [0.25, 0.3) is 22.3 Å². The van der Waals surface area contributed by atoms with E-state index in [1.807, 2.05) is 52.0 Å². The second kappa shape index (κ2) is 13.0. The highest BCUT2D eigenvalue weighted by Crippen LogP contribution is 2.48. The molecule has 3 aromatic carbocycles. The molecule has 0 saturated carbocycles. The Bertz CT molecular complexity index is 999. The monoisotopic (exact) mass is 408 g/mol. The highest BCUT2D eigenvalue weighted by molar-refractivity contribution is 6.14. The molecule has 0 fully saturated rings. The number of rotatable bonds is 4. The van der Waals surface area contributed by atoms with Crippen molar-refractivity contribution in [3.63, 3.8) is 0 Å². The molecule has 1 aliphatic carbocycles. The summed E-state index contributed by atoms with van der Waals surface area (Å²) in [6.45, 7) is 16.0. The number of hydrogen-bond acceptors (Lipinski definition) is 0. The summed E-state index contributed by atoms with van der Waals surface area (Å²) in [5, 5.41) is 0. The fourth-order valence-electron chi connectivity index (χ4n) is 3.73. The molecule has 0 bridgehead atoms. The number of allylic oxidation sites excluding steroid dienone is 5. The van der Waals surface area contributed by atoms with Crippen LogP contribution in [0.1, 0.15) is 51.8 Å². The van der Waals surface area contributed by atoms with Gasteiger partial charge in [0.2, 0.25) is 0 Å². The predicted molar refractivity (Wildman–Crippen MR) is 142 cm³/mol. The molecule has 0 atom stereocenters. The van der Waals surface area contributed by atoms with Gasteiger partial charge in [-0.1, -0.05) is 145 Å². The molecule has 31 heavy (non-hydrogen) atoms. The molecular weight excluding hydrogens is 372 g/mol. The lowest BCUT2D eigenvalue weighted by atomic mass is 9.88. The minimum Gasteiger partial charge on any atom is -0.0990 e. The molecule has 4 rings (SSSR count). The largest absolute Gasteiger partial charge is 0.0990 e. The quantitative estimate of drug-likeness (QED) is 0.295. The second-order valence-electron chi connectivity index (χ2n) is 6.27. The summed E-state index contributed by atoms with van der Waals surface area (Å²) in [6, 6.07) is 27.8. The maximum atomic E-state index is 4.06. The fraction of sp³-hybridized carbons (Fsp3) is 0.161. The maximum Gasteiger partial charge on any atom is -0.00143 e. The first-order valence-corrected chi connectivity index (χ1v) is 10.8. The maximum absolute atomic E-state index is 4.06. The number of fused-ring (bicyclic) bond motifs is 3. The second-order valence-corrected chi connectivity index (χ2v) is 6.27. The van der Waals surface area contributed by atoms with E-state index in [9.17, 15) is 0 Å². The Labute approximate surface area is 190 Å². The van der Waals surface area contributed by atoms with Crippen LogP contribution in [0.2, 0.25) is 0 Å². The lowest BCUT2D eigenvalue weighted by molar-refractivity contribution is 1.50. The molecule has 0 amide bonds. The molecule has 0 spiro atoms. The van der Waals surface area contributed by atoms with Gasteiger partial charge in [0.25, 0.3) is 0 Å². The van der Waals surface area contributed by atoms with E-state index in [0.29, 0.717) is 0 Å². The Morgan fingerprint density at radius 1 is 0.613 bits per heavy atom. The van der Waals surface area contributed by atoms with E-state index in [4.69, 9.17) is 0 Å². The Balaban J connectivity index is 0.000000910. The normalized spacial score (nSPS) is 10.7. The summed E-state index contributed by atoms with van der Waals surface area (Å²) < 4.78 is 0. The standard InChI is InChI=1S/C26H20.2C2H6.CH4/c1-3-12-19(4-2)25(20-13-6-5-7-14-20)26-23-17-10-8-15-21(23)22-16-9-11-18-24(22)26;2*1-2;/h3-18H,1-2H2;2*1-2H3;1H4/b19-12+;;;. The predicted octanol–water partition coefficient (Wildman–Crippen LogP) is 9.61. The van der Waals surface area contributed by atoms with Crippen molar-refractivity contribution in [1.29, 1.82) is 0 Å². The van der Waals surface area contributed by atoms with Crippen LogP contribution in [0.4, 0.5) is 0 Å². The molecule has 0 nitrogen and oxygen atoms in total. The first-order chi connectivity index (χ1) is 14.8. The zero-order chi connectivity index (χ0) is 21.9. The van der Waals surface area contributed by atoms with Crippen LogP contribution >= 0.6 is 0 Å². The van der Waals surface area contributed by atoms with E-state index < -0.39 is 0 Å². The van der Waals surface area contributed by atoms with Gasteiger partial charge < -0.3 is 0 Å². The third-order valence-electron chi connectivity index (χ3n) is 4.80. The summed E-state index contributed by atoms with van der Waals surface area (Å²) in [7, 11) is 0. The first kappa shape index (κ1) is 25.7. The zero-order valence-corrected chi connectivity index (χ0v) is 18.7. The van der Waals surface area contributed by atoms with Gasteiger partial charge in [-0.3, -0.25) is 0 Å². The Morgan fingerprint density at radius 2 is 1.03 bits per heavy atom. The zero-order valence-electron chi connectivity index (χ0n) is 18.7. The van der Waals surface area contributed by atoms with Crippen molar-refractivity contribution in [2.75, 3.05) is 0 Å². The van der Waals surface area contributed by atoms with E-state index in [1.54, 1.807) is 0 Å². The van der Waals surface area contributed by atoms with E-state index in [-0.39, 0.29) is 7.43 Å². The highest BCUT2D eigenvalue weighted by Gasteiger charge is 2.26. The van der Waals surface area contributed by atoms with Gasteiger partial charge in [0, 0.05) is 0 Å². The van der Waals surface area contributed by atoms with Gasteiger partial charge in [0.15, 0.2) is 0 Å². The smallest absolute Gasteiger partial charge is 0.00143 e. The molecule has 0 N–H and O–H groups in total. The SMILES string of the molecule is C.C=C/C=C(\C=C)C(=C1c2ccccc2-c2ccccc21)c1ccccc1.CC.CC. The molecule has 0 radical (unpaired) electrons. The third-order valence-corrected chi connectivity index (χ3v) is 4.80. The Morgan fingerprint density at radius 3 is 1.45 bits per heavy atom. The highest BCUT2D eigenvalue weighted by atomic mass is 14.3. The first-order valence-electron chi connectivity index (χ1n) is 10.8. The van der Waals surface area contributed by atoms with Gasteiger partial charge in [-0.2, -0.15) is 0 Å². The van der Waals surface area contributed by atoms with Gasteiger partial charge in [-0.05, 0) is 44.5 Å². The molecule has 0 saturated heterocycles. The van der Waals surface area contributed by atoms with Gasteiger partial charge >= 0.3 is 0 Å². The number of benzene rings is 3. The molecule has 0 aliphatic heterocycles. The van der Waals surface area contributed by atoms with Crippen molar-refractivity contribution in [3.05, 3.63) is 133 Å². The van der Waals surface area contributed by atoms with E-state index in [2.05, 4.69) is 86.0 Å². The van der Waals surface area contributed by atoms with Gasteiger partial charge in [-0.15, -0.1) is 0 Å². The Hall–Kier alpha value is -3.38. The van der Waals surface area contributed by atoms with Crippen LogP contribution < -0.4 is 0 Å². The van der Waals surface area contributed by atoms with E-state index in [0.717, 1.165) is 5.57 Å². The molecular formula is C31H36. The van der Waals surface area contributed by atoms with E-state index in [1.165, 1.54) is 39.0 Å². The molecule has 160 valence electrons. The van der Waals surface area contributed by atoms with Gasteiger partial charge in [-0.25, -0.2) is 0 Å². The van der Waals surface area contributed by atoms with Crippen LogP contribution in [0.5, 0.6) is 0 Å². The Kier molecular flexibility index (Phi) is 10.8. The summed E-state index contributed by atoms with van der Waals surface area (Å²) in [4.78, 5) is 0. The molecule has 0 unspecified atom stereocenters. The van der Waals surface area contributed by atoms with Crippen LogP contribution in [-0.4, -0.2) is 0 Å². The molecule has 0 heteroatoms. The van der Waals surface area contributed by atoms with Crippen molar-refractivity contribution < 1.29 is 0 Å². The van der Waals surface area contributed by atoms with Crippen molar-refractivity contribution in [2.24, 2.45) is 0 Å². The summed E-state index contributed by atoms with van der Waals surface area (Å²) >= 11 is 0. The summed E-state index contributed by atoms with van der Waals surface area (Å²) in [5.74, 6) is 0. The van der Waals surface area contributed by atoms with E-state index >= 15 is 0 Å². The fourth-order valence-corrected chi connectivity index (χ4v) is 3.73. The van der Waals surface area contributed by atoms with Crippen LogP contribution in [0.15, 0.2) is 116 Å². The minimum atomic E-state index is 0. The van der Waals surface area contributed by atoms with Crippen molar-refractivity contribution in [2.45, 2.75) is 35.1 Å². The lowest BCUT2D eigenvalue weighted by Crippen LogP contribution is -1.94. The van der Waals surface area contributed by atoms with Crippen LogP contribution in [0.3, 0.4) is 0 Å². The summed E-state index contributed by atoms with van der Waals surface area (Å²) in [5.41, 5.74) is 9.82. The molecule has 3 aromatic rings. The average Bonchev–Trinajstić information content (AvgIpc) is 3.16. The van der Waals surface area contributed by atoms with Gasteiger partial charge in [0.05, 0.1) is 0 Å². The van der Waals surface area contributed by atoms with Gasteiger partial charge in [0.1, 0.15) is 0 Å².